The van der Waals surface area contributed by atoms with Gasteiger partial charge in [0.05, 0.1) is 16.5 Å². The minimum Gasteiger partial charge on any atom is -0.389 e. The summed E-state index contributed by atoms with van der Waals surface area (Å²) < 4.78 is 28.9. The maximum Gasteiger partial charge on any atom is 0.243 e. The fourth-order valence-electron chi connectivity index (χ4n) is 6.11. The van der Waals surface area contributed by atoms with Crippen LogP contribution in [0, 0.1) is 12.8 Å². The van der Waals surface area contributed by atoms with E-state index in [0.717, 1.165) is 43.4 Å². The van der Waals surface area contributed by atoms with Crippen molar-refractivity contribution >= 4 is 15.9 Å². The van der Waals surface area contributed by atoms with Crippen molar-refractivity contribution in [2.24, 2.45) is 5.92 Å². The average molecular weight is 592 g/mol. The number of nitrogens with one attached hydrogen (secondary N) is 1. The number of aromatic nitrogens is 1. The lowest BCUT2D eigenvalue weighted by Crippen LogP contribution is -2.57. The standard InChI is InChI=1S/C34H45N3O4S/c1-26(2)24-37(42(40,41)29-18-16-27(3)17-19-29)25-31(38)33(4,28-13-7-5-8-14-28)36-32(39)23-34(20-10-6-11-21-34)30-15-9-12-22-35-30/h5,7-9,12-19,22,26,31,38H,6,10-11,20-21,23-25H2,1-4H3,(H,36,39)/t31-,33+/m1/s1. The van der Waals surface area contributed by atoms with Gasteiger partial charge in [-0.15, -0.1) is 0 Å². The second-order valence-electron chi connectivity index (χ2n) is 12.4. The zero-order valence-electron chi connectivity index (χ0n) is 25.3. The fourth-order valence-corrected chi connectivity index (χ4v) is 7.72. The molecule has 0 bridgehead atoms. The average Bonchev–Trinajstić information content (AvgIpc) is 2.98. The molecule has 1 fully saturated rings. The van der Waals surface area contributed by atoms with Gasteiger partial charge in [0.15, 0.2) is 0 Å². The Kier molecular flexibility index (Phi) is 10.2. The van der Waals surface area contributed by atoms with E-state index in [0.29, 0.717) is 5.56 Å². The first-order valence-electron chi connectivity index (χ1n) is 15.0. The quantitative estimate of drug-likeness (QED) is 0.281. The molecule has 42 heavy (non-hydrogen) atoms. The van der Waals surface area contributed by atoms with Crippen LogP contribution in [0.5, 0.6) is 0 Å². The molecule has 1 aromatic heterocycles. The number of hydrogen-bond donors (Lipinski definition) is 2. The SMILES string of the molecule is Cc1ccc(S(=O)(=O)N(CC(C)C)C[C@@H](O)[C@@](C)(NC(=O)CC2(c3ccccn3)CCCCC2)c2ccccc2)cc1. The van der Waals surface area contributed by atoms with Crippen LogP contribution in [-0.2, 0) is 25.8 Å². The van der Waals surface area contributed by atoms with Crippen LogP contribution in [0.2, 0.25) is 0 Å². The summed E-state index contributed by atoms with van der Waals surface area (Å²) in [5.41, 5.74) is 0.985. The van der Waals surface area contributed by atoms with Crippen molar-refractivity contribution in [3.63, 3.8) is 0 Å². The molecule has 1 saturated carbocycles. The minimum atomic E-state index is -3.90. The van der Waals surface area contributed by atoms with Gasteiger partial charge in [-0.05, 0) is 62.4 Å². The Bertz CT molecular complexity index is 1410. The third kappa shape index (κ3) is 7.28. The van der Waals surface area contributed by atoms with Crippen molar-refractivity contribution in [2.75, 3.05) is 13.1 Å². The number of nitrogens with zero attached hydrogens (tertiary/aromatic N) is 2. The predicted molar refractivity (Wildman–Crippen MR) is 166 cm³/mol. The molecular formula is C34H45N3O4S. The molecule has 1 amide bonds. The van der Waals surface area contributed by atoms with E-state index in [4.69, 9.17) is 0 Å². The summed E-state index contributed by atoms with van der Waals surface area (Å²) >= 11 is 0. The highest BCUT2D eigenvalue weighted by molar-refractivity contribution is 7.89. The van der Waals surface area contributed by atoms with Gasteiger partial charge < -0.3 is 10.4 Å². The molecule has 1 aliphatic carbocycles. The highest BCUT2D eigenvalue weighted by atomic mass is 32.2. The Morgan fingerprint density at radius 3 is 2.21 bits per heavy atom. The van der Waals surface area contributed by atoms with Crippen LogP contribution in [0.1, 0.15) is 76.1 Å². The van der Waals surface area contributed by atoms with Crippen molar-refractivity contribution in [3.8, 4) is 0 Å². The molecule has 226 valence electrons. The second-order valence-corrected chi connectivity index (χ2v) is 14.3. The molecule has 1 heterocycles. The number of carbonyl (C=O) groups excluding carboxylic acids is 1. The predicted octanol–water partition coefficient (Wildman–Crippen LogP) is 5.72. The van der Waals surface area contributed by atoms with Gasteiger partial charge in [0.2, 0.25) is 15.9 Å². The van der Waals surface area contributed by atoms with Crippen LogP contribution < -0.4 is 5.32 Å². The summed E-state index contributed by atoms with van der Waals surface area (Å²) in [5.74, 6) is -0.163. The topological polar surface area (TPSA) is 99.6 Å². The molecule has 2 atom stereocenters. The van der Waals surface area contributed by atoms with Crippen LogP contribution in [0.25, 0.3) is 0 Å². The molecule has 2 aromatic carbocycles. The van der Waals surface area contributed by atoms with Crippen molar-refractivity contribution in [1.82, 2.24) is 14.6 Å². The summed E-state index contributed by atoms with van der Waals surface area (Å²) in [5, 5.41) is 15.0. The summed E-state index contributed by atoms with van der Waals surface area (Å²) in [4.78, 5) is 18.7. The molecule has 4 rings (SSSR count). The second kappa shape index (κ2) is 13.5. The monoisotopic (exact) mass is 591 g/mol. The molecule has 0 aliphatic heterocycles. The molecule has 0 saturated heterocycles. The fraction of sp³-hybridized carbons (Fsp3) is 0.471. The van der Waals surface area contributed by atoms with E-state index in [1.54, 1.807) is 37.4 Å². The summed E-state index contributed by atoms with van der Waals surface area (Å²) in [6.45, 7) is 7.64. The number of benzene rings is 2. The molecule has 0 radical (unpaired) electrons. The van der Waals surface area contributed by atoms with Crippen LogP contribution >= 0.6 is 0 Å². The van der Waals surface area contributed by atoms with Gasteiger partial charge >= 0.3 is 0 Å². The van der Waals surface area contributed by atoms with E-state index >= 15 is 0 Å². The molecule has 3 aromatic rings. The van der Waals surface area contributed by atoms with E-state index in [1.165, 1.54) is 4.31 Å². The third-order valence-electron chi connectivity index (χ3n) is 8.56. The molecular weight excluding hydrogens is 546 g/mol. The summed E-state index contributed by atoms with van der Waals surface area (Å²) in [7, 11) is -3.90. The van der Waals surface area contributed by atoms with Gasteiger partial charge in [-0.2, -0.15) is 4.31 Å². The number of hydrogen-bond acceptors (Lipinski definition) is 5. The Labute approximate surface area is 251 Å². The minimum absolute atomic E-state index is 0.0273. The number of rotatable bonds is 12. The maximum absolute atomic E-state index is 13.9. The van der Waals surface area contributed by atoms with Gasteiger partial charge in [-0.1, -0.05) is 87.2 Å². The van der Waals surface area contributed by atoms with Gasteiger partial charge in [0.1, 0.15) is 0 Å². The molecule has 8 heteroatoms. The number of pyridine rings is 1. The van der Waals surface area contributed by atoms with Gasteiger partial charge in [-0.3, -0.25) is 9.78 Å². The number of aliphatic hydroxyl groups is 1. The van der Waals surface area contributed by atoms with Gasteiger partial charge in [0.25, 0.3) is 0 Å². The third-order valence-corrected chi connectivity index (χ3v) is 10.4. The van der Waals surface area contributed by atoms with E-state index in [1.807, 2.05) is 69.3 Å². The molecule has 1 aliphatic rings. The lowest BCUT2D eigenvalue weighted by molar-refractivity contribution is -0.126. The number of carbonyl (C=O) groups is 1. The largest absolute Gasteiger partial charge is 0.389 e. The van der Waals surface area contributed by atoms with Gasteiger partial charge in [0, 0.05) is 36.8 Å². The Morgan fingerprint density at radius 2 is 1.62 bits per heavy atom. The van der Waals surface area contributed by atoms with E-state index in [-0.39, 0.29) is 41.6 Å². The highest BCUT2D eigenvalue weighted by Gasteiger charge is 2.43. The Balaban J connectivity index is 1.65. The number of aliphatic hydroxyl groups excluding tert-OH is 1. The number of aryl methyl sites for hydroxylation is 1. The first kappa shape index (κ1) is 31.9. The van der Waals surface area contributed by atoms with Crippen LogP contribution in [0.3, 0.4) is 0 Å². The Hall–Kier alpha value is -3.07. The number of amides is 1. The zero-order valence-corrected chi connectivity index (χ0v) is 26.1. The van der Waals surface area contributed by atoms with Crippen molar-refractivity contribution in [1.29, 1.82) is 0 Å². The first-order chi connectivity index (χ1) is 20.0. The van der Waals surface area contributed by atoms with Crippen molar-refractivity contribution in [3.05, 3.63) is 95.8 Å². The van der Waals surface area contributed by atoms with E-state index < -0.39 is 21.7 Å². The van der Waals surface area contributed by atoms with Crippen LogP contribution in [-0.4, -0.2) is 47.9 Å². The smallest absolute Gasteiger partial charge is 0.243 e. The lowest BCUT2D eigenvalue weighted by atomic mass is 9.69. The maximum atomic E-state index is 13.9. The van der Waals surface area contributed by atoms with E-state index in [2.05, 4.69) is 10.3 Å². The highest BCUT2D eigenvalue weighted by Crippen LogP contribution is 2.41. The normalized spacial score (nSPS) is 17.5. The van der Waals surface area contributed by atoms with Crippen LogP contribution in [0.15, 0.2) is 83.9 Å². The van der Waals surface area contributed by atoms with Gasteiger partial charge in [-0.25, -0.2) is 8.42 Å². The number of sulfonamides is 1. The molecule has 0 unspecified atom stereocenters. The molecule has 7 nitrogen and oxygen atoms in total. The summed E-state index contributed by atoms with van der Waals surface area (Å²) in [6.07, 6.45) is 5.75. The molecule has 2 N–H and O–H groups in total. The van der Waals surface area contributed by atoms with E-state index in [9.17, 15) is 18.3 Å². The van der Waals surface area contributed by atoms with Crippen molar-refractivity contribution < 1.29 is 18.3 Å². The summed E-state index contributed by atoms with van der Waals surface area (Å²) in [6, 6.07) is 21.9. The zero-order chi connectivity index (χ0) is 30.4. The van der Waals surface area contributed by atoms with Crippen LogP contribution in [0.4, 0.5) is 0 Å². The van der Waals surface area contributed by atoms with Crippen molar-refractivity contribution in [2.45, 2.75) is 88.2 Å². The lowest BCUT2D eigenvalue weighted by Gasteiger charge is -2.41. The Morgan fingerprint density at radius 1 is 0.976 bits per heavy atom. The molecule has 0 spiro atoms. The first-order valence-corrected chi connectivity index (χ1v) is 16.4.